The Kier molecular flexibility index (Phi) is 21.2. The molecule has 4 aromatic rings. The molecule has 0 aromatic heterocycles. The van der Waals surface area contributed by atoms with Gasteiger partial charge in [-0.05, 0) is 120 Å². The molecule has 0 aliphatic carbocycles. The molecule has 0 saturated heterocycles. The predicted molar refractivity (Wildman–Crippen MR) is 234 cm³/mol. The summed E-state index contributed by atoms with van der Waals surface area (Å²) in [6, 6.07) is 28.8. The van der Waals surface area contributed by atoms with Crippen molar-refractivity contribution in [1.29, 1.82) is 0 Å². The summed E-state index contributed by atoms with van der Waals surface area (Å²) in [5, 5.41) is 9.55. The van der Waals surface area contributed by atoms with Crippen LogP contribution in [0.5, 0.6) is 0 Å². The van der Waals surface area contributed by atoms with Crippen LogP contribution in [0.4, 0.5) is 22.7 Å². The Morgan fingerprint density at radius 3 is 1.13 bits per heavy atom. The second-order valence-electron chi connectivity index (χ2n) is 15.1. The molecule has 0 radical (unpaired) electrons. The molecule has 0 aliphatic heterocycles. The molecule has 290 valence electrons. The summed E-state index contributed by atoms with van der Waals surface area (Å²) in [4.78, 5) is 0. The second kappa shape index (κ2) is 25.9. The van der Waals surface area contributed by atoms with E-state index in [1.54, 1.807) is 0 Å². The van der Waals surface area contributed by atoms with Crippen molar-refractivity contribution in [1.82, 2.24) is 0 Å². The van der Waals surface area contributed by atoms with Crippen LogP contribution in [0.3, 0.4) is 0 Å². The summed E-state index contributed by atoms with van der Waals surface area (Å²) in [5.41, 5.74) is 34.7. The van der Waals surface area contributed by atoms with Crippen molar-refractivity contribution in [2.75, 3.05) is 22.9 Å². The zero-order valence-corrected chi connectivity index (χ0v) is 33.3. The lowest BCUT2D eigenvalue weighted by Crippen LogP contribution is -2.03. The molecule has 9 N–H and O–H groups in total. The summed E-state index contributed by atoms with van der Waals surface area (Å²) in [6.07, 6.45) is 26.2. The summed E-state index contributed by atoms with van der Waals surface area (Å²) >= 11 is 0. The van der Waals surface area contributed by atoms with Gasteiger partial charge >= 0.3 is 0 Å². The van der Waals surface area contributed by atoms with E-state index in [0.717, 1.165) is 54.9 Å². The number of aliphatic hydroxyl groups excluding tert-OH is 1. The molecule has 53 heavy (non-hydrogen) atoms. The van der Waals surface area contributed by atoms with Crippen LogP contribution in [0, 0.1) is 0 Å². The molecule has 0 spiro atoms. The molecule has 0 bridgehead atoms. The number of hydrogen-bond acceptors (Lipinski definition) is 5. The molecule has 0 fully saturated rings. The first kappa shape index (κ1) is 43.4. The van der Waals surface area contributed by atoms with E-state index in [-0.39, 0.29) is 6.10 Å². The van der Waals surface area contributed by atoms with Gasteiger partial charge in [0.25, 0.3) is 0 Å². The largest absolute Gasteiger partial charge is 0.399 e. The number of aliphatic hydroxyl groups is 1. The van der Waals surface area contributed by atoms with Crippen LogP contribution in [0.15, 0.2) is 84.9 Å². The molecule has 5 heteroatoms. The number of aryl methyl sites for hydroxylation is 2. The van der Waals surface area contributed by atoms with Crippen LogP contribution in [0.25, 0.3) is 22.3 Å². The maximum absolute atomic E-state index is 9.55. The summed E-state index contributed by atoms with van der Waals surface area (Å²) in [5.74, 6) is 0. The van der Waals surface area contributed by atoms with Gasteiger partial charge in [-0.3, -0.25) is 0 Å². The van der Waals surface area contributed by atoms with Gasteiger partial charge in [-0.2, -0.15) is 0 Å². The minimum atomic E-state index is -0.0977. The average Bonchev–Trinajstić information content (AvgIpc) is 3.17. The standard InChI is InChI=1S/C24H36N2O.C24H36N2/c1-2-23(27)11-9-7-5-3-4-6-8-10-21-18-20(14-17-24(21)26)19-12-15-22(25)16-13-19;1-2-3-4-5-6-7-8-9-10-11-12-22-19-21(15-18-24(22)26)20-13-16-23(25)17-14-20/h12-18,23,27H,2-11,25-26H2,1H3;13-19H,2-12,25-26H2,1H3. The molecule has 0 amide bonds. The van der Waals surface area contributed by atoms with E-state index in [9.17, 15) is 5.11 Å². The Labute approximate surface area is 323 Å². The van der Waals surface area contributed by atoms with Crippen molar-refractivity contribution >= 4 is 22.7 Å². The number of anilines is 4. The zero-order valence-electron chi connectivity index (χ0n) is 33.3. The maximum Gasteiger partial charge on any atom is 0.0537 e. The first-order valence-electron chi connectivity index (χ1n) is 21.0. The number of nitrogens with two attached hydrogens (primary N) is 4. The number of benzene rings is 4. The molecular weight excluding hydrogens is 649 g/mol. The van der Waals surface area contributed by atoms with Gasteiger partial charge in [-0.15, -0.1) is 0 Å². The van der Waals surface area contributed by atoms with Crippen molar-refractivity contribution in [3.05, 3.63) is 96.1 Å². The molecule has 1 atom stereocenters. The lowest BCUT2D eigenvalue weighted by atomic mass is 9.98. The SMILES string of the molecule is CCC(O)CCCCCCCCCc1cc(-c2ccc(N)cc2)ccc1N.CCCCCCCCCCCCc1cc(-c2ccc(N)cc2)ccc1N. The highest BCUT2D eigenvalue weighted by Crippen LogP contribution is 2.27. The van der Waals surface area contributed by atoms with E-state index in [0.29, 0.717) is 0 Å². The molecule has 0 heterocycles. The monoisotopic (exact) mass is 721 g/mol. The van der Waals surface area contributed by atoms with Gasteiger partial charge in [0, 0.05) is 22.7 Å². The number of nitrogen functional groups attached to an aromatic ring is 4. The zero-order chi connectivity index (χ0) is 38.1. The van der Waals surface area contributed by atoms with Crippen LogP contribution in [-0.4, -0.2) is 11.2 Å². The minimum absolute atomic E-state index is 0.0977. The fourth-order valence-electron chi connectivity index (χ4n) is 6.94. The number of rotatable bonds is 24. The van der Waals surface area contributed by atoms with Crippen molar-refractivity contribution in [3.8, 4) is 22.3 Å². The van der Waals surface area contributed by atoms with E-state index < -0.39 is 0 Å². The topological polar surface area (TPSA) is 124 Å². The predicted octanol–water partition coefficient (Wildman–Crippen LogP) is 12.9. The molecule has 1 unspecified atom stereocenters. The Morgan fingerprint density at radius 2 is 0.755 bits per heavy atom. The summed E-state index contributed by atoms with van der Waals surface area (Å²) < 4.78 is 0. The molecular formula is C48H72N4O. The Morgan fingerprint density at radius 1 is 0.415 bits per heavy atom. The Hall–Kier alpha value is -3.96. The van der Waals surface area contributed by atoms with Gasteiger partial charge in [0.15, 0.2) is 0 Å². The first-order chi connectivity index (χ1) is 25.8. The highest BCUT2D eigenvalue weighted by molar-refractivity contribution is 5.70. The van der Waals surface area contributed by atoms with E-state index >= 15 is 0 Å². The van der Waals surface area contributed by atoms with Crippen molar-refractivity contribution in [2.45, 2.75) is 155 Å². The van der Waals surface area contributed by atoms with Crippen molar-refractivity contribution in [2.24, 2.45) is 0 Å². The smallest absolute Gasteiger partial charge is 0.0537 e. The van der Waals surface area contributed by atoms with Crippen LogP contribution in [0.1, 0.15) is 147 Å². The fraction of sp³-hybridized carbons (Fsp3) is 0.500. The van der Waals surface area contributed by atoms with Gasteiger partial charge < -0.3 is 28.0 Å². The van der Waals surface area contributed by atoms with Gasteiger partial charge in [0.1, 0.15) is 0 Å². The lowest BCUT2D eigenvalue weighted by Gasteiger charge is -2.10. The molecule has 4 aromatic carbocycles. The normalized spacial score (nSPS) is 11.6. The number of unbranched alkanes of at least 4 members (excludes halogenated alkanes) is 15. The van der Waals surface area contributed by atoms with Gasteiger partial charge in [-0.1, -0.05) is 147 Å². The van der Waals surface area contributed by atoms with E-state index in [1.807, 2.05) is 43.3 Å². The fourth-order valence-corrected chi connectivity index (χ4v) is 6.94. The third-order valence-corrected chi connectivity index (χ3v) is 10.5. The highest BCUT2D eigenvalue weighted by Gasteiger charge is 2.06. The lowest BCUT2D eigenvalue weighted by molar-refractivity contribution is 0.156. The first-order valence-corrected chi connectivity index (χ1v) is 21.0. The molecule has 4 rings (SSSR count). The maximum atomic E-state index is 9.55. The highest BCUT2D eigenvalue weighted by atomic mass is 16.3. The minimum Gasteiger partial charge on any atom is -0.399 e. The van der Waals surface area contributed by atoms with E-state index in [2.05, 4.69) is 55.5 Å². The molecule has 5 nitrogen and oxygen atoms in total. The Bertz CT molecular complexity index is 1530. The Balaban J connectivity index is 0.000000286. The van der Waals surface area contributed by atoms with E-state index in [4.69, 9.17) is 22.9 Å². The van der Waals surface area contributed by atoms with Gasteiger partial charge in [0.2, 0.25) is 0 Å². The second-order valence-corrected chi connectivity index (χ2v) is 15.1. The summed E-state index contributed by atoms with van der Waals surface area (Å²) in [7, 11) is 0. The van der Waals surface area contributed by atoms with Crippen LogP contribution < -0.4 is 22.9 Å². The van der Waals surface area contributed by atoms with Crippen LogP contribution >= 0.6 is 0 Å². The third-order valence-electron chi connectivity index (χ3n) is 10.5. The quantitative estimate of drug-likeness (QED) is 0.0364. The van der Waals surface area contributed by atoms with E-state index in [1.165, 1.54) is 136 Å². The van der Waals surface area contributed by atoms with Gasteiger partial charge in [0.05, 0.1) is 6.10 Å². The summed E-state index contributed by atoms with van der Waals surface area (Å²) in [6.45, 7) is 4.32. The number of hydrogen-bond donors (Lipinski definition) is 5. The van der Waals surface area contributed by atoms with Crippen molar-refractivity contribution < 1.29 is 5.11 Å². The average molecular weight is 721 g/mol. The van der Waals surface area contributed by atoms with Crippen LogP contribution in [0.2, 0.25) is 0 Å². The van der Waals surface area contributed by atoms with Gasteiger partial charge in [-0.25, -0.2) is 0 Å². The molecule has 0 saturated carbocycles. The van der Waals surface area contributed by atoms with Crippen molar-refractivity contribution in [3.63, 3.8) is 0 Å². The molecule has 0 aliphatic rings. The third kappa shape index (κ3) is 17.6. The van der Waals surface area contributed by atoms with Crippen LogP contribution in [-0.2, 0) is 12.8 Å².